The Bertz CT molecular complexity index is 459. The molecule has 1 heterocycles. The zero-order valence-corrected chi connectivity index (χ0v) is 15.6. The molecule has 0 bridgehead atoms. The Labute approximate surface area is 152 Å². The Kier molecular flexibility index (Phi) is 10.5. The predicted molar refractivity (Wildman–Crippen MR) is 100 cm³/mol. The third-order valence-electron chi connectivity index (χ3n) is 4.04. The van der Waals surface area contributed by atoms with Gasteiger partial charge in [0, 0.05) is 19.0 Å². The maximum absolute atomic E-state index is 11.8. The van der Waals surface area contributed by atoms with E-state index in [2.05, 4.69) is 41.4 Å². The standard InChI is InChI=1S/C17H27N3O.2ClH/c1-13-5-7-15(8-6-13)16(20-9-3-4-10-20)12-19-17(21)11-14(2)18;;/h5-8,14,16H,3-4,9-12,18H2,1-2H3,(H,19,21);2*1H. The van der Waals surface area contributed by atoms with Crippen LogP contribution in [0.3, 0.4) is 0 Å². The molecule has 132 valence electrons. The molecular weight excluding hydrogens is 333 g/mol. The van der Waals surface area contributed by atoms with Crippen molar-refractivity contribution in [1.29, 1.82) is 0 Å². The summed E-state index contributed by atoms with van der Waals surface area (Å²) in [5, 5.41) is 3.04. The Morgan fingerprint density at radius 3 is 2.30 bits per heavy atom. The van der Waals surface area contributed by atoms with Crippen molar-refractivity contribution in [3.63, 3.8) is 0 Å². The summed E-state index contributed by atoms with van der Waals surface area (Å²) in [6, 6.07) is 8.82. The number of likely N-dealkylation sites (tertiary alicyclic amines) is 1. The normalized spacial score (nSPS) is 16.8. The Hall–Kier alpha value is -0.810. The average molecular weight is 362 g/mol. The van der Waals surface area contributed by atoms with Crippen LogP contribution in [-0.2, 0) is 4.79 Å². The molecule has 2 atom stereocenters. The minimum Gasteiger partial charge on any atom is -0.354 e. The molecule has 0 spiro atoms. The van der Waals surface area contributed by atoms with Crippen LogP contribution in [0, 0.1) is 6.92 Å². The first-order valence-electron chi connectivity index (χ1n) is 7.89. The zero-order chi connectivity index (χ0) is 15.2. The molecule has 1 fully saturated rings. The third kappa shape index (κ3) is 7.08. The Morgan fingerprint density at radius 2 is 1.78 bits per heavy atom. The smallest absolute Gasteiger partial charge is 0.221 e. The summed E-state index contributed by atoms with van der Waals surface area (Å²) in [7, 11) is 0. The molecule has 2 unspecified atom stereocenters. The number of amides is 1. The molecule has 1 aliphatic heterocycles. The molecule has 0 aromatic heterocycles. The van der Waals surface area contributed by atoms with Gasteiger partial charge in [-0.05, 0) is 45.3 Å². The van der Waals surface area contributed by atoms with Gasteiger partial charge in [-0.15, -0.1) is 24.8 Å². The minimum absolute atomic E-state index is 0. The number of nitrogens with one attached hydrogen (secondary N) is 1. The van der Waals surface area contributed by atoms with Crippen molar-refractivity contribution in [3.05, 3.63) is 35.4 Å². The van der Waals surface area contributed by atoms with Crippen LogP contribution in [-0.4, -0.2) is 36.5 Å². The van der Waals surface area contributed by atoms with E-state index in [1.54, 1.807) is 0 Å². The van der Waals surface area contributed by atoms with E-state index in [1.165, 1.54) is 24.0 Å². The van der Waals surface area contributed by atoms with Crippen molar-refractivity contribution >= 4 is 30.7 Å². The molecule has 1 saturated heterocycles. The van der Waals surface area contributed by atoms with Crippen molar-refractivity contribution in [1.82, 2.24) is 10.2 Å². The maximum Gasteiger partial charge on any atom is 0.221 e. The summed E-state index contributed by atoms with van der Waals surface area (Å²) < 4.78 is 0. The van der Waals surface area contributed by atoms with Gasteiger partial charge >= 0.3 is 0 Å². The summed E-state index contributed by atoms with van der Waals surface area (Å²) in [5.74, 6) is 0.0429. The number of aryl methyl sites for hydroxylation is 1. The number of hydrogen-bond donors (Lipinski definition) is 2. The summed E-state index contributed by atoms with van der Waals surface area (Å²) in [4.78, 5) is 14.3. The van der Waals surface area contributed by atoms with Gasteiger partial charge in [0.25, 0.3) is 0 Å². The molecule has 1 aromatic carbocycles. The van der Waals surface area contributed by atoms with Crippen LogP contribution in [0.2, 0.25) is 0 Å². The number of nitrogens with zero attached hydrogens (tertiary/aromatic N) is 1. The third-order valence-corrected chi connectivity index (χ3v) is 4.04. The molecule has 1 amide bonds. The van der Waals surface area contributed by atoms with Crippen molar-refractivity contribution in [3.8, 4) is 0 Å². The number of benzene rings is 1. The molecule has 1 aliphatic rings. The molecular formula is C17H29Cl2N3O. The summed E-state index contributed by atoms with van der Waals surface area (Å²) >= 11 is 0. The largest absolute Gasteiger partial charge is 0.354 e. The lowest BCUT2D eigenvalue weighted by Crippen LogP contribution is -2.38. The van der Waals surface area contributed by atoms with Crippen LogP contribution in [0.4, 0.5) is 0 Å². The quantitative estimate of drug-likeness (QED) is 0.818. The number of hydrogen-bond acceptors (Lipinski definition) is 3. The minimum atomic E-state index is -0.0883. The highest BCUT2D eigenvalue weighted by Crippen LogP contribution is 2.24. The maximum atomic E-state index is 11.8. The lowest BCUT2D eigenvalue weighted by Gasteiger charge is -2.28. The number of halogens is 2. The van der Waals surface area contributed by atoms with Gasteiger partial charge in [0.1, 0.15) is 0 Å². The van der Waals surface area contributed by atoms with Crippen LogP contribution >= 0.6 is 24.8 Å². The van der Waals surface area contributed by atoms with Crippen molar-refractivity contribution in [2.24, 2.45) is 5.73 Å². The molecule has 0 aliphatic carbocycles. The van der Waals surface area contributed by atoms with E-state index in [1.807, 2.05) is 6.92 Å². The average Bonchev–Trinajstić information content (AvgIpc) is 2.94. The topological polar surface area (TPSA) is 58.4 Å². The highest BCUT2D eigenvalue weighted by molar-refractivity contribution is 5.85. The van der Waals surface area contributed by atoms with E-state index >= 15 is 0 Å². The predicted octanol–water partition coefficient (Wildman–Crippen LogP) is 2.83. The summed E-state index contributed by atoms with van der Waals surface area (Å²) in [6.45, 7) is 6.84. The van der Waals surface area contributed by atoms with E-state index in [9.17, 15) is 4.79 Å². The number of nitrogens with two attached hydrogens (primary N) is 1. The SMILES string of the molecule is Cc1ccc(C(CNC(=O)CC(C)N)N2CCCC2)cc1.Cl.Cl. The van der Waals surface area contributed by atoms with E-state index < -0.39 is 0 Å². The van der Waals surface area contributed by atoms with E-state index in [4.69, 9.17) is 5.73 Å². The molecule has 2 rings (SSSR count). The van der Waals surface area contributed by atoms with Gasteiger partial charge in [0.15, 0.2) is 0 Å². The number of carbonyl (C=O) groups is 1. The first-order chi connectivity index (χ1) is 10.1. The van der Waals surface area contributed by atoms with Crippen LogP contribution in [0.25, 0.3) is 0 Å². The van der Waals surface area contributed by atoms with E-state index in [0.717, 1.165) is 13.1 Å². The first-order valence-corrected chi connectivity index (χ1v) is 7.89. The van der Waals surface area contributed by atoms with Gasteiger partial charge in [-0.2, -0.15) is 0 Å². The van der Waals surface area contributed by atoms with Gasteiger partial charge in [0.2, 0.25) is 5.91 Å². The highest BCUT2D eigenvalue weighted by atomic mass is 35.5. The molecule has 1 aromatic rings. The van der Waals surface area contributed by atoms with Crippen LogP contribution < -0.4 is 11.1 Å². The van der Waals surface area contributed by atoms with E-state index in [0.29, 0.717) is 13.0 Å². The number of rotatable bonds is 6. The fourth-order valence-corrected chi connectivity index (χ4v) is 2.87. The molecule has 0 radical (unpaired) electrons. The van der Waals surface area contributed by atoms with Gasteiger partial charge in [-0.1, -0.05) is 29.8 Å². The van der Waals surface area contributed by atoms with Crippen molar-refractivity contribution in [2.45, 2.75) is 45.2 Å². The summed E-state index contributed by atoms with van der Waals surface area (Å²) in [5.41, 5.74) is 8.22. The lowest BCUT2D eigenvalue weighted by atomic mass is 10.0. The molecule has 3 N–H and O–H groups in total. The monoisotopic (exact) mass is 361 g/mol. The Morgan fingerprint density at radius 1 is 1.22 bits per heavy atom. The van der Waals surface area contributed by atoms with Crippen LogP contribution in [0.5, 0.6) is 0 Å². The molecule has 4 nitrogen and oxygen atoms in total. The van der Waals surface area contributed by atoms with Crippen molar-refractivity contribution in [2.75, 3.05) is 19.6 Å². The second-order valence-corrected chi connectivity index (χ2v) is 6.16. The van der Waals surface area contributed by atoms with Crippen LogP contribution in [0.15, 0.2) is 24.3 Å². The van der Waals surface area contributed by atoms with Gasteiger partial charge < -0.3 is 11.1 Å². The van der Waals surface area contributed by atoms with Crippen LogP contribution in [0.1, 0.15) is 43.4 Å². The fourth-order valence-electron chi connectivity index (χ4n) is 2.87. The molecule has 6 heteroatoms. The van der Waals surface area contributed by atoms with Gasteiger partial charge in [-0.3, -0.25) is 9.69 Å². The Balaban J connectivity index is 0.00000242. The second-order valence-electron chi connectivity index (χ2n) is 6.16. The molecule has 23 heavy (non-hydrogen) atoms. The van der Waals surface area contributed by atoms with E-state index in [-0.39, 0.29) is 42.8 Å². The highest BCUT2D eigenvalue weighted by Gasteiger charge is 2.23. The molecule has 0 saturated carbocycles. The van der Waals surface area contributed by atoms with Gasteiger partial charge in [-0.25, -0.2) is 0 Å². The second kappa shape index (κ2) is 10.9. The van der Waals surface area contributed by atoms with Crippen molar-refractivity contribution < 1.29 is 4.79 Å². The lowest BCUT2D eigenvalue weighted by molar-refractivity contribution is -0.121. The first kappa shape index (κ1) is 22.2. The fraction of sp³-hybridized carbons (Fsp3) is 0.588. The zero-order valence-electron chi connectivity index (χ0n) is 14.0. The number of carbonyl (C=O) groups excluding carboxylic acids is 1. The summed E-state index contributed by atoms with van der Waals surface area (Å²) in [6.07, 6.45) is 2.88. The van der Waals surface area contributed by atoms with Gasteiger partial charge in [0.05, 0.1) is 6.04 Å².